The Balaban J connectivity index is 1.60. The predicted molar refractivity (Wildman–Crippen MR) is 127 cm³/mol. The number of benzene rings is 3. The first-order valence-corrected chi connectivity index (χ1v) is 11.0. The Labute approximate surface area is 188 Å². The maximum Gasteiger partial charge on any atom is 0.305 e. The smallest absolute Gasteiger partial charge is 0.305 e. The quantitative estimate of drug-likeness (QED) is 0.238. The van der Waals surface area contributed by atoms with Crippen LogP contribution in [0.1, 0.15) is 31.2 Å². The number of nitrogens with zero attached hydrogens (tertiary/aromatic N) is 2. The van der Waals surface area contributed by atoms with E-state index in [9.17, 15) is 4.79 Å². The summed E-state index contributed by atoms with van der Waals surface area (Å²) in [4.78, 5) is 16.2. The highest BCUT2D eigenvalue weighted by Gasteiger charge is 2.16. The monoisotopic (exact) mass is 428 g/mol. The van der Waals surface area contributed by atoms with Gasteiger partial charge in [0.05, 0.1) is 30.4 Å². The number of aryl methyl sites for hydroxylation is 1. The molecule has 0 N–H and O–H groups in total. The summed E-state index contributed by atoms with van der Waals surface area (Å²) in [5, 5.41) is 0. The van der Waals surface area contributed by atoms with Crippen LogP contribution in [0.3, 0.4) is 0 Å². The van der Waals surface area contributed by atoms with Crippen molar-refractivity contribution in [2.75, 3.05) is 13.7 Å². The van der Waals surface area contributed by atoms with E-state index in [0.29, 0.717) is 13.0 Å². The number of imidazole rings is 1. The molecular formula is C27H28N2O3. The summed E-state index contributed by atoms with van der Waals surface area (Å²) in [6, 6.07) is 24.6. The number of esters is 1. The van der Waals surface area contributed by atoms with Crippen LogP contribution in [-0.4, -0.2) is 29.2 Å². The van der Waals surface area contributed by atoms with Gasteiger partial charge in [-0.1, -0.05) is 48.5 Å². The second kappa shape index (κ2) is 10.1. The van der Waals surface area contributed by atoms with Crippen molar-refractivity contribution in [3.63, 3.8) is 0 Å². The molecule has 0 aliphatic carbocycles. The topological polar surface area (TPSA) is 53.4 Å². The number of unbranched alkanes of at least 4 members (excludes halogenated alkanes) is 2. The number of hydrogen-bond donors (Lipinski definition) is 0. The van der Waals surface area contributed by atoms with Crippen molar-refractivity contribution in [1.82, 2.24) is 9.55 Å². The fourth-order valence-corrected chi connectivity index (χ4v) is 3.82. The van der Waals surface area contributed by atoms with E-state index in [1.54, 1.807) is 0 Å². The highest BCUT2D eigenvalue weighted by molar-refractivity contribution is 5.84. The fraction of sp³-hybridized carbons (Fsp3) is 0.259. The normalized spacial score (nSPS) is 10.9. The number of aromatic nitrogens is 2. The van der Waals surface area contributed by atoms with Gasteiger partial charge in [0.2, 0.25) is 0 Å². The SMILES string of the molecule is COC(=O)CCCCCOc1ccc2nc(-c3ccccc3)n(-c3ccccc3C)c2c1. The molecular weight excluding hydrogens is 400 g/mol. The van der Waals surface area contributed by atoms with Crippen molar-refractivity contribution in [3.05, 3.63) is 78.4 Å². The Morgan fingerprint density at radius 1 is 0.938 bits per heavy atom. The maximum atomic E-state index is 11.2. The van der Waals surface area contributed by atoms with E-state index in [-0.39, 0.29) is 5.97 Å². The molecule has 3 aromatic carbocycles. The first-order chi connectivity index (χ1) is 15.7. The molecule has 5 nitrogen and oxygen atoms in total. The van der Waals surface area contributed by atoms with Crippen molar-refractivity contribution in [2.24, 2.45) is 0 Å². The van der Waals surface area contributed by atoms with Crippen LogP contribution in [0, 0.1) is 6.92 Å². The summed E-state index contributed by atoms with van der Waals surface area (Å²) in [7, 11) is 1.42. The summed E-state index contributed by atoms with van der Waals surface area (Å²) in [6.45, 7) is 2.72. The number of ether oxygens (including phenoxy) is 2. The summed E-state index contributed by atoms with van der Waals surface area (Å²) in [5.41, 5.74) is 5.30. The molecule has 164 valence electrons. The van der Waals surface area contributed by atoms with Crippen LogP contribution in [0.4, 0.5) is 0 Å². The third-order valence-corrected chi connectivity index (χ3v) is 5.54. The molecule has 4 aromatic rings. The molecule has 0 radical (unpaired) electrons. The summed E-state index contributed by atoms with van der Waals surface area (Å²) >= 11 is 0. The van der Waals surface area contributed by atoms with Gasteiger partial charge in [0, 0.05) is 18.1 Å². The molecule has 1 aromatic heterocycles. The van der Waals surface area contributed by atoms with Crippen LogP contribution < -0.4 is 4.74 Å². The second-order valence-electron chi connectivity index (χ2n) is 7.81. The number of carbonyl (C=O) groups excluding carboxylic acids is 1. The minimum absolute atomic E-state index is 0.157. The number of hydrogen-bond acceptors (Lipinski definition) is 4. The molecule has 1 heterocycles. The van der Waals surface area contributed by atoms with Gasteiger partial charge in [-0.3, -0.25) is 9.36 Å². The van der Waals surface area contributed by atoms with Crippen LogP contribution >= 0.6 is 0 Å². The highest BCUT2D eigenvalue weighted by atomic mass is 16.5. The Morgan fingerprint density at radius 2 is 1.72 bits per heavy atom. The highest BCUT2D eigenvalue weighted by Crippen LogP contribution is 2.32. The third kappa shape index (κ3) is 4.83. The lowest BCUT2D eigenvalue weighted by molar-refractivity contribution is -0.140. The zero-order chi connectivity index (χ0) is 22.3. The van der Waals surface area contributed by atoms with Crippen LogP contribution in [0.2, 0.25) is 0 Å². The van der Waals surface area contributed by atoms with E-state index in [4.69, 9.17) is 9.72 Å². The lowest BCUT2D eigenvalue weighted by Gasteiger charge is -2.13. The number of rotatable bonds is 9. The van der Waals surface area contributed by atoms with Crippen LogP contribution in [0.5, 0.6) is 5.75 Å². The molecule has 0 atom stereocenters. The first kappa shape index (κ1) is 21.6. The van der Waals surface area contributed by atoms with Crippen LogP contribution in [-0.2, 0) is 9.53 Å². The zero-order valence-electron chi connectivity index (χ0n) is 18.6. The third-order valence-electron chi connectivity index (χ3n) is 5.54. The number of fused-ring (bicyclic) bond motifs is 1. The number of methoxy groups -OCH3 is 1. The van der Waals surface area contributed by atoms with Gasteiger partial charge in [0.1, 0.15) is 11.6 Å². The van der Waals surface area contributed by atoms with E-state index in [2.05, 4.69) is 58.7 Å². The van der Waals surface area contributed by atoms with E-state index < -0.39 is 0 Å². The van der Waals surface area contributed by atoms with E-state index >= 15 is 0 Å². The van der Waals surface area contributed by atoms with Gasteiger partial charge in [-0.25, -0.2) is 4.98 Å². The van der Waals surface area contributed by atoms with Gasteiger partial charge in [0.25, 0.3) is 0 Å². The Kier molecular flexibility index (Phi) is 6.85. The molecule has 32 heavy (non-hydrogen) atoms. The molecule has 4 rings (SSSR count). The Morgan fingerprint density at radius 3 is 2.50 bits per heavy atom. The Bertz CT molecular complexity index is 1200. The number of para-hydroxylation sites is 1. The van der Waals surface area contributed by atoms with E-state index in [1.807, 2.05) is 30.3 Å². The first-order valence-electron chi connectivity index (χ1n) is 11.0. The predicted octanol–water partition coefficient (Wildman–Crippen LogP) is 6.11. The lowest BCUT2D eigenvalue weighted by atomic mass is 10.1. The molecule has 0 saturated carbocycles. The molecule has 5 heteroatoms. The average molecular weight is 429 g/mol. The van der Waals surface area contributed by atoms with Gasteiger partial charge in [0.15, 0.2) is 0 Å². The molecule has 0 aliphatic rings. The second-order valence-corrected chi connectivity index (χ2v) is 7.81. The standard InChI is InChI=1S/C27H28N2O3/c1-20-11-8-9-14-24(20)29-25-19-22(32-18-10-4-7-15-26(30)31-2)16-17-23(25)28-27(29)21-12-5-3-6-13-21/h3,5-6,8-9,11-14,16-17,19H,4,7,10,15,18H2,1-2H3. The van der Waals surface area contributed by atoms with Gasteiger partial charge in [-0.05, 0) is 49.9 Å². The molecule has 0 spiro atoms. The van der Waals surface area contributed by atoms with Crippen LogP contribution in [0.25, 0.3) is 28.1 Å². The van der Waals surface area contributed by atoms with Crippen molar-refractivity contribution in [2.45, 2.75) is 32.6 Å². The molecule has 0 amide bonds. The molecule has 0 bridgehead atoms. The van der Waals surface area contributed by atoms with E-state index in [1.165, 1.54) is 12.7 Å². The van der Waals surface area contributed by atoms with Crippen molar-refractivity contribution < 1.29 is 14.3 Å². The van der Waals surface area contributed by atoms with Gasteiger partial charge < -0.3 is 9.47 Å². The lowest BCUT2D eigenvalue weighted by Crippen LogP contribution is -2.02. The number of carbonyl (C=O) groups is 1. The van der Waals surface area contributed by atoms with Gasteiger partial charge >= 0.3 is 5.97 Å². The summed E-state index contributed by atoms with van der Waals surface area (Å²) < 4.78 is 12.9. The van der Waals surface area contributed by atoms with Crippen molar-refractivity contribution in [1.29, 1.82) is 0 Å². The Hall–Kier alpha value is -3.60. The summed E-state index contributed by atoms with van der Waals surface area (Å²) in [6.07, 6.45) is 3.09. The molecule has 0 fully saturated rings. The zero-order valence-corrected chi connectivity index (χ0v) is 18.6. The minimum atomic E-state index is -0.157. The largest absolute Gasteiger partial charge is 0.494 e. The van der Waals surface area contributed by atoms with E-state index in [0.717, 1.165) is 53.1 Å². The maximum absolute atomic E-state index is 11.2. The summed E-state index contributed by atoms with van der Waals surface area (Å²) in [5.74, 6) is 1.57. The minimum Gasteiger partial charge on any atom is -0.494 e. The van der Waals surface area contributed by atoms with Crippen molar-refractivity contribution >= 4 is 17.0 Å². The van der Waals surface area contributed by atoms with Crippen molar-refractivity contribution in [3.8, 4) is 22.8 Å². The molecule has 0 saturated heterocycles. The van der Waals surface area contributed by atoms with Gasteiger partial charge in [-0.2, -0.15) is 0 Å². The van der Waals surface area contributed by atoms with Crippen LogP contribution in [0.15, 0.2) is 72.8 Å². The molecule has 0 unspecified atom stereocenters. The average Bonchev–Trinajstić information content (AvgIpc) is 3.20. The molecule has 0 aliphatic heterocycles. The van der Waals surface area contributed by atoms with Gasteiger partial charge in [-0.15, -0.1) is 0 Å². The fourth-order valence-electron chi connectivity index (χ4n) is 3.82.